The van der Waals surface area contributed by atoms with Crippen molar-refractivity contribution in [1.82, 2.24) is 42.2 Å². The van der Waals surface area contributed by atoms with E-state index in [2.05, 4.69) is 42.2 Å². The first-order valence-electron chi connectivity index (χ1n) is 27.6. The van der Waals surface area contributed by atoms with Crippen molar-refractivity contribution >= 4 is 95.9 Å². The Morgan fingerprint density at radius 1 is 0.759 bits per heavy atom. The Morgan fingerprint density at radius 3 is 2.12 bits per heavy atom. The zero-order chi connectivity index (χ0) is 59.7. The zero-order valence-electron chi connectivity index (χ0n) is 46.4. The number of carbonyl (C=O) groups is 8. The number of amides is 7. The predicted octanol–water partition coefficient (Wildman–Crippen LogP) is 2.97. The van der Waals surface area contributed by atoms with Crippen LogP contribution in [0.3, 0.4) is 0 Å². The molecule has 0 saturated carbocycles. The molecule has 446 valence electrons. The summed E-state index contributed by atoms with van der Waals surface area (Å²) in [6.07, 6.45) is 1.98. The van der Waals surface area contributed by atoms with Crippen molar-refractivity contribution in [3.05, 3.63) is 138 Å². The second-order valence-electron chi connectivity index (χ2n) is 20.3. The van der Waals surface area contributed by atoms with Crippen molar-refractivity contribution in [1.29, 1.82) is 0 Å². The Kier molecular flexibility index (Phi) is 27.4. The number of nitrogens with two attached hydrogens (primary N) is 1. The summed E-state index contributed by atoms with van der Waals surface area (Å²) in [5.41, 5.74) is 9.90. The summed E-state index contributed by atoms with van der Waals surface area (Å²) in [5, 5.41) is 51.4. The standard InChI is InChI=1S/C59H75N9O11S4/c1-36(70)47(33-69)65-58(78)49-35-82-81-34-48(66-56(76)45(30-39-17-7-4-8-18-39)62-51(73)25-28-80-83-52-22-12-14-27-61-52)50(72)32-42(29-38-15-5-3-6-16-38)54(74)64-46(31-41-24-23-40-19-9-10-20-43(40)41)57(77)63-44(21-11-13-26-60)55(75)68-53(37(2)71)59(79)67-49/h3-10,12,14-20,22,24,27,36-37,42,44-49,53,69-71H,11,13,21,23,25-26,28-35,60H2,1-2H3,(H,62,73)(H,63,77)(H,64,74)(H,65,78)(H,66,76)(H,67,79)(H,68,75)/t36-,37-,42-,44+,45-,46-,47-,48+,49+,53+/m1/s1. The van der Waals surface area contributed by atoms with Crippen molar-refractivity contribution in [2.24, 2.45) is 11.7 Å². The number of hydrogen-bond acceptors (Lipinski definition) is 17. The average Bonchev–Trinajstić information content (AvgIpc) is 4.07. The molecule has 83 heavy (non-hydrogen) atoms. The molecule has 7 amide bonds. The summed E-state index contributed by atoms with van der Waals surface area (Å²) in [5.74, 6) is -6.88. The predicted molar refractivity (Wildman–Crippen MR) is 325 cm³/mol. The molecule has 4 aromatic rings. The van der Waals surface area contributed by atoms with E-state index >= 15 is 9.59 Å². The van der Waals surface area contributed by atoms with E-state index in [-0.39, 0.29) is 50.2 Å². The smallest absolute Gasteiger partial charge is 0.245 e. The van der Waals surface area contributed by atoms with Gasteiger partial charge >= 0.3 is 0 Å². The molecule has 1 aliphatic carbocycles. The molecule has 2 heterocycles. The van der Waals surface area contributed by atoms with Gasteiger partial charge in [0.25, 0.3) is 0 Å². The number of pyridine rings is 1. The zero-order valence-corrected chi connectivity index (χ0v) is 49.7. The van der Waals surface area contributed by atoms with E-state index < -0.39 is 121 Å². The highest BCUT2D eigenvalue weighted by atomic mass is 33.1. The molecule has 24 heteroatoms. The van der Waals surface area contributed by atoms with Gasteiger partial charge in [0.2, 0.25) is 41.4 Å². The Balaban J connectivity index is 1.37. The van der Waals surface area contributed by atoms with Crippen LogP contribution in [0.1, 0.15) is 74.6 Å². The average molecular weight is 1210 g/mol. The maximum Gasteiger partial charge on any atom is 0.245 e. The molecule has 0 spiro atoms. The lowest BCUT2D eigenvalue weighted by atomic mass is 9.90. The van der Waals surface area contributed by atoms with Crippen LogP contribution in [0.2, 0.25) is 0 Å². The highest BCUT2D eigenvalue weighted by Crippen LogP contribution is 2.32. The fourth-order valence-electron chi connectivity index (χ4n) is 9.23. The normalized spacial score (nSPS) is 21.7. The summed E-state index contributed by atoms with van der Waals surface area (Å²) >= 11 is 0. The Morgan fingerprint density at radius 2 is 1.43 bits per heavy atom. The molecular formula is C59H75N9O11S4. The molecule has 2 aliphatic rings. The van der Waals surface area contributed by atoms with E-state index in [1.807, 2.05) is 54.6 Å². The number of unbranched alkanes of at least 4 members (excludes halogenated alkanes) is 1. The second kappa shape index (κ2) is 34.5. The number of rotatable bonds is 23. The molecule has 10 atom stereocenters. The summed E-state index contributed by atoms with van der Waals surface area (Å²) in [7, 11) is 4.91. The van der Waals surface area contributed by atoms with Crippen LogP contribution in [0.5, 0.6) is 0 Å². The van der Waals surface area contributed by atoms with Crippen LogP contribution in [0.4, 0.5) is 0 Å². The molecule has 0 radical (unpaired) electrons. The molecular weight excluding hydrogens is 1140 g/mol. The minimum absolute atomic E-state index is 0.0189. The van der Waals surface area contributed by atoms with Crippen molar-refractivity contribution in [3.63, 3.8) is 0 Å². The van der Waals surface area contributed by atoms with E-state index in [0.29, 0.717) is 30.6 Å². The molecule has 0 bridgehead atoms. The molecule has 3 aromatic carbocycles. The van der Waals surface area contributed by atoms with E-state index in [9.17, 15) is 44.1 Å². The van der Waals surface area contributed by atoms with Crippen molar-refractivity contribution in [2.45, 2.75) is 131 Å². The highest BCUT2D eigenvalue weighted by Gasteiger charge is 2.37. The minimum Gasteiger partial charge on any atom is -0.394 e. The number of benzene rings is 3. The van der Waals surface area contributed by atoms with Crippen molar-refractivity contribution in [3.8, 4) is 0 Å². The SMILES string of the molecule is C[C@@H](O)[C@@H]1NC(=O)[C@H](CCCCN)NC(=O)[C@@H](CC2=CCc3ccccc32)NC(=O)[C@H](Cc2ccccc2)CC(=O)[C@@H](NC(=O)[C@@H](Cc2ccccc2)NC(=O)CCSSc2ccccn2)CSSC[C@@H](C(=O)N[C@H](CO)[C@@H](C)O)NC1=O. The van der Waals surface area contributed by atoms with Gasteiger partial charge in [0, 0.05) is 55.1 Å². The Bertz CT molecular complexity index is 2820. The number of aliphatic hydroxyl groups is 3. The van der Waals surface area contributed by atoms with Gasteiger partial charge in [0.05, 0.1) is 30.9 Å². The van der Waals surface area contributed by atoms with Gasteiger partial charge in [-0.25, -0.2) is 4.98 Å². The topological polar surface area (TPSA) is 320 Å². The fraction of sp³-hybridized carbons (Fsp3) is 0.441. The number of aliphatic hydroxyl groups excluding tert-OH is 3. The van der Waals surface area contributed by atoms with Crippen LogP contribution in [0.25, 0.3) is 5.57 Å². The van der Waals surface area contributed by atoms with Crippen LogP contribution in [-0.2, 0) is 57.6 Å². The van der Waals surface area contributed by atoms with Crippen molar-refractivity contribution < 1.29 is 53.7 Å². The van der Waals surface area contributed by atoms with Gasteiger partial charge in [-0.3, -0.25) is 38.4 Å². The van der Waals surface area contributed by atoms with Crippen LogP contribution in [-0.4, -0.2) is 152 Å². The van der Waals surface area contributed by atoms with Crippen molar-refractivity contribution in [2.75, 3.05) is 30.4 Å². The van der Waals surface area contributed by atoms with Crippen LogP contribution < -0.4 is 43.0 Å². The Hall–Kier alpha value is -6.25. The number of Topliss-reactive ketones (excluding diaryl/α,β-unsaturated/α-hetero) is 1. The van der Waals surface area contributed by atoms with Gasteiger partial charge in [-0.1, -0.05) is 129 Å². The molecule has 12 N–H and O–H groups in total. The van der Waals surface area contributed by atoms with Gasteiger partial charge in [-0.05, 0) is 103 Å². The van der Waals surface area contributed by atoms with Gasteiger partial charge in [0.1, 0.15) is 35.2 Å². The van der Waals surface area contributed by atoms with Crippen LogP contribution >= 0.6 is 43.2 Å². The van der Waals surface area contributed by atoms with Gasteiger partial charge < -0.3 is 58.3 Å². The maximum absolute atomic E-state index is 15.1. The number of ketones is 1. The lowest BCUT2D eigenvalue weighted by molar-refractivity contribution is -0.137. The largest absolute Gasteiger partial charge is 0.394 e. The summed E-state index contributed by atoms with van der Waals surface area (Å²) < 4.78 is 0. The number of fused-ring (bicyclic) bond motifs is 1. The lowest BCUT2D eigenvalue weighted by Crippen LogP contribution is -2.61. The third-order valence-corrected chi connectivity index (χ3v) is 18.6. The van der Waals surface area contributed by atoms with Crippen LogP contribution in [0, 0.1) is 5.92 Å². The number of hydrogen-bond donors (Lipinski definition) is 11. The second-order valence-corrected chi connectivity index (χ2v) is 25.3. The summed E-state index contributed by atoms with van der Waals surface area (Å²) in [6, 6.07) is 21.8. The van der Waals surface area contributed by atoms with E-state index in [1.165, 1.54) is 35.4 Å². The van der Waals surface area contributed by atoms with Gasteiger partial charge in [-0.15, -0.1) is 0 Å². The molecule has 6 rings (SSSR count). The first kappa shape index (κ1) is 65.9. The lowest BCUT2D eigenvalue weighted by Gasteiger charge is -2.29. The molecule has 20 nitrogen and oxygen atoms in total. The molecule has 1 aliphatic heterocycles. The fourth-order valence-corrected chi connectivity index (χ4v) is 13.5. The monoisotopic (exact) mass is 1210 g/mol. The Labute approximate surface area is 499 Å². The maximum atomic E-state index is 15.1. The number of nitrogens with zero attached hydrogens (tertiary/aromatic N) is 1. The van der Waals surface area contributed by atoms with E-state index in [1.54, 1.807) is 60.8 Å². The summed E-state index contributed by atoms with van der Waals surface area (Å²) in [6.45, 7) is 2.22. The number of allylic oxidation sites excluding steroid dienone is 1. The van der Waals surface area contributed by atoms with Gasteiger partial charge in [-0.2, -0.15) is 0 Å². The highest BCUT2D eigenvalue weighted by molar-refractivity contribution is 8.77. The first-order chi connectivity index (χ1) is 40.0. The van der Waals surface area contributed by atoms with Gasteiger partial charge in [0.15, 0.2) is 5.78 Å². The molecule has 1 saturated heterocycles. The summed E-state index contributed by atoms with van der Waals surface area (Å²) in [4.78, 5) is 120. The number of nitrogens with one attached hydrogen (secondary N) is 7. The third-order valence-electron chi connectivity index (χ3n) is 13.9. The van der Waals surface area contributed by atoms with E-state index in [0.717, 1.165) is 48.9 Å². The molecule has 0 unspecified atom stereocenters. The quantitative estimate of drug-likeness (QED) is 0.0376. The molecule has 1 aromatic heterocycles. The van der Waals surface area contributed by atoms with E-state index in [4.69, 9.17) is 5.73 Å². The van der Waals surface area contributed by atoms with Crippen LogP contribution in [0.15, 0.2) is 120 Å². The minimum atomic E-state index is -1.68. The first-order valence-corrected chi connectivity index (χ1v) is 32.5. The molecule has 1 fully saturated rings. The number of aromatic nitrogens is 1. The third kappa shape index (κ3) is 21.4. The number of carbonyl (C=O) groups excluding carboxylic acids is 8.